The molecule has 0 aliphatic heterocycles. The Bertz CT molecular complexity index is 539. The number of benzene rings is 1. The van der Waals surface area contributed by atoms with Gasteiger partial charge in [-0.15, -0.1) is 0 Å². The van der Waals surface area contributed by atoms with E-state index >= 15 is 0 Å². The van der Waals surface area contributed by atoms with Gasteiger partial charge in [0.25, 0.3) is 0 Å². The SMILES string of the molecule is C=CC1=C(C)C(C)(C)c2cc(C(=C)C)ccc21. The van der Waals surface area contributed by atoms with Gasteiger partial charge in [0.2, 0.25) is 0 Å². The van der Waals surface area contributed by atoms with Crippen LogP contribution in [0.3, 0.4) is 0 Å². The number of hydrogen-bond donors (Lipinski definition) is 0. The Morgan fingerprint density at radius 2 is 1.94 bits per heavy atom. The first-order chi connectivity index (χ1) is 7.89. The van der Waals surface area contributed by atoms with Crippen molar-refractivity contribution >= 4 is 11.1 Å². The molecule has 0 amide bonds. The van der Waals surface area contributed by atoms with E-state index in [1.54, 1.807) is 0 Å². The van der Waals surface area contributed by atoms with E-state index in [9.17, 15) is 0 Å². The van der Waals surface area contributed by atoms with Crippen LogP contribution >= 0.6 is 0 Å². The number of allylic oxidation sites excluding steroid dienone is 4. The molecule has 0 unspecified atom stereocenters. The van der Waals surface area contributed by atoms with Crippen LogP contribution in [0.4, 0.5) is 0 Å². The number of hydrogen-bond acceptors (Lipinski definition) is 0. The highest BCUT2D eigenvalue weighted by atomic mass is 14.4. The van der Waals surface area contributed by atoms with Gasteiger partial charge in [-0.1, -0.05) is 62.4 Å². The van der Waals surface area contributed by atoms with Gasteiger partial charge in [0.05, 0.1) is 0 Å². The molecule has 0 radical (unpaired) electrons. The summed E-state index contributed by atoms with van der Waals surface area (Å²) in [7, 11) is 0. The van der Waals surface area contributed by atoms with E-state index in [1.165, 1.54) is 27.8 Å². The summed E-state index contributed by atoms with van der Waals surface area (Å²) in [6, 6.07) is 6.63. The minimum atomic E-state index is 0.102. The third-order valence-corrected chi connectivity index (χ3v) is 4.02. The standard InChI is InChI=1S/C17H20/c1-7-14-12(4)17(5,6)16-10-13(11(2)3)8-9-15(14)16/h7-10H,1-2H2,3-6H3. The summed E-state index contributed by atoms with van der Waals surface area (Å²) < 4.78 is 0. The van der Waals surface area contributed by atoms with Crippen LogP contribution in [0.1, 0.15) is 44.4 Å². The fraction of sp³-hybridized carbons (Fsp3) is 0.294. The van der Waals surface area contributed by atoms with Crippen molar-refractivity contribution in [3.05, 3.63) is 59.7 Å². The molecule has 0 nitrogen and oxygen atoms in total. The lowest BCUT2D eigenvalue weighted by molar-refractivity contribution is 0.639. The monoisotopic (exact) mass is 224 g/mol. The lowest BCUT2D eigenvalue weighted by atomic mass is 9.81. The van der Waals surface area contributed by atoms with Gasteiger partial charge in [0, 0.05) is 5.41 Å². The van der Waals surface area contributed by atoms with Crippen molar-refractivity contribution in [3.8, 4) is 0 Å². The van der Waals surface area contributed by atoms with Crippen LogP contribution in [-0.4, -0.2) is 0 Å². The molecule has 2 rings (SSSR count). The number of rotatable bonds is 2. The average Bonchev–Trinajstić information content (AvgIpc) is 2.47. The largest absolute Gasteiger partial charge is 0.0984 e. The van der Waals surface area contributed by atoms with Crippen molar-refractivity contribution in [3.63, 3.8) is 0 Å². The first-order valence-electron chi connectivity index (χ1n) is 6.04. The van der Waals surface area contributed by atoms with Crippen LogP contribution in [0, 0.1) is 0 Å². The summed E-state index contributed by atoms with van der Waals surface area (Å²) >= 11 is 0. The summed E-state index contributed by atoms with van der Waals surface area (Å²) in [5.41, 5.74) is 7.87. The van der Waals surface area contributed by atoms with Gasteiger partial charge >= 0.3 is 0 Å². The molecule has 0 spiro atoms. The van der Waals surface area contributed by atoms with Gasteiger partial charge < -0.3 is 0 Å². The van der Waals surface area contributed by atoms with Gasteiger partial charge in [-0.25, -0.2) is 0 Å². The maximum atomic E-state index is 4.02. The van der Waals surface area contributed by atoms with E-state index in [0.29, 0.717) is 0 Å². The molecule has 0 fully saturated rings. The zero-order chi connectivity index (χ0) is 12.8. The highest BCUT2D eigenvalue weighted by Gasteiger charge is 2.34. The van der Waals surface area contributed by atoms with E-state index < -0.39 is 0 Å². The molecule has 1 aromatic carbocycles. The molecule has 0 saturated carbocycles. The van der Waals surface area contributed by atoms with Crippen molar-refractivity contribution in [1.29, 1.82) is 0 Å². The molecule has 0 heterocycles. The molecule has 0 heteroatoms. The van der Waals surface area contributed by atoms with Crippen LogP contribution in [0.2, 0.25) is 0 Å². The normalized spacial score (nSPS) is 16.9. The summed E-state index contributed by atoms with van der Waals surface area (Å²) in [5.74, 6) is 0. The van der Waals surface area contributed by atoms with E-state index in [2.05, 4.69) is 59.1 Å². The smallest absolute Gasteiger partial charge is 0.0118 e. The summed E-state index contributed by atoms with van der Waals surface area (Å²) in [5, 5.41) is 0. The van der Waals surface area contributed by atoms with Crippen LogP contribution in [0.5, 0.6) is 0 Å². The fourth-order valence-electron chi connectivity index (χ4n) is 2.57. The van der Waals surface area contributed by atoms with Gasteiger partial charge in [0.1, 0.15) is 0 Å². The van der Waals surface area contributed by atoms with E-state index in [4.69, 9.17) is 0 Å². The van der Waals surface area contributed by atoms with E-state index in [0.717, 1.165) is 5.57 Å². The Balaban J connectivity index is 2.70. The first kappa shape index (κ1) is 11.9. The second kappa shape index (κ2) is 3.73. The molecule has 0 saturated heterocycles. The average molecular weight is 224 g/mol. The topological polar surface area (TPSA) is 0 Å². The second-order valence-electron chi connectivity index (χ2n) is 5.41. The van der Waals surface area contributed by atoms with Gasteiger partial charge in [-0.2, -0.15) is 0 Å². The molecular formula is C17H20. The van der Waals surface area contributed by atoms with Crippen molar-refractivity contribution in [2.24, 2.45) is 0 Å². The van der Waals surface area contributed by atoms with Crippen molar-refractivity contribution < 1.29 is 0 Å². The van der Waals surface area contributed by atoms with E-state index in [1.807, 2.05) is 6.08 Å². The molecule has 1 aromatic rings. The highest BCUT2D eigenvalue weighted by molar-refractivity contribution is 5.86. The first-order valence-corrected chi connectivity index (χ1v) is 6.04. The quantitative estimate of drug-likeness (QED) is 0.665. The highest BCUT2D eigenvalue weighted by Crippen LogP contribution is 2.46. The van der Waals surface area contributed by atoms with Gasteiger partial charge in [-0.05, 0) is 36.1 Å². The fourth-order valence-corrected chi connectivity index (χ4v) is 2.57. The number of fused-ring (bicyclic) bond motifs is 1. The van der Waals surface area contributed by atoms with Gasteiger partial charge in [-0.3, -0.25) is 0 Å². The van der Waals surface area contributed by atoms with Crippen molar-refractivity contribution in [2.45, 2.75) is 33.1 Å². The van der Waals surface area contributed by atoms with Crippen LogP contribution in [0.15, 0.2) is 43.0 Å². The molecule has 1 aliphatic carbocycles. The maximum absolute atomic E-state index is 4.02. The predicted molar refractivity (Wildman–Crippen MR) is 77.0 cm³/mol. The third kappa shape index (κ3) is 1.59. The zero-order valence-electron chi connectivity index (χ0n) is 11.2. The predicted octanol–water partition coefficient (Wildman–Crippen LogP) is 4.97. The molecule has 17 heavy (non-hydrogen) atoms. The van der Waals surface area contributed by atoms with Crippen molar-refractivity contribution in [1.82, 2.24) is 0 Å². The Morgan fingerprint density at radius 1 is 1.29 bits per heavy atom. The third-order valence-electron chi connectivity index (χ3n) is 4.02. The molecule has 0 N–H and O–H groups in total. The molecule has 1 aliphatic rings. The van der Waals surface area contributed by atoms with Crippen LogP contribution < -0.4 is 0 Å². The summed E-state index contributed by atoms with van der Waals surface area (Å²) in [4.78, 5) is 0. The molecule has 0 atom stereocenters. The second-order valence-corrected chi connectivity index (χ2v) is 5.41. The molecule has 0 aromatic heterocycles. The molecular weight excluding hydrogens is 204 g/mol. The maximum Gasteiger partial charge on any atom is 0.0118 e. The lowest BCUT2D eigenvalue weighted by Gasteiger charge is -2.22. The lowest BCUT2D eigenvalue weighted by Crippen LogP contribution is -2.15. The Morgan fingerprint density at radius 3 is 2.47 bits per heavy atom. The van der Waals surface area contributed by atoms with Crippen LogP contribution in [0.25, 0.3) is 11.1 Å². The van der Waals surface area contributed by atoms with Crippen LogP contribution in [-0.2, 0) is 5.41 Å². The molecule has 88 valence electrons. The Kier molecular flexibility index (Phi) is 2.61. The van der Waals surface area contributed by atoms with Crippen molar-refractivity contribution in [2.75, 3.05) is 0 Å². The summed E-state index contributed by atoms with van der Waals surface area (Å²) in [6.45, 7) is 16.8. The summed E-state index contributed by atoms with van der Waals surface area (Å²) in [6.07, 6.45) is 1.98. The minimum absolute atomic E-state index is 0.102. The zero-order valence-corrected chi connectivity index (χ0v) is 11.2. The minimum Gasteiger partial charge on any atom is -0.0984 e. The Hall–Kier alpha value is -1.56. The van der Waals surface area contributed by atoms with E-state index in [-0.39, 0.29) is 5.41 Å². The van der Waals surface area contributed by atoms with Gasteiger partial charge in [0.15, 0.2) is 0 Å². The molecule has 0 bridgehead atoms. The Labute approximate surface area is 104 Å².